The molecule has 0 spiro atoms. The van der Waals surface area contributed by atoms with Gasteiger partial charge in [0.1, 0.15) is 0 Å². The summed E-state index contributed by atoms with van der Waals surface area (Å²) < 4.78 is 0.393. The average Bonchev–Trinajstić information content (AvgIpc) is 2.79. The minimum absolute atomic E-state index is 0.0625. The van der Waals surface area contributed by atoms with Crippen LogP contribution in [0, 0.1) is 15.5 Å². The Balaban J connectivity index is 2.17. The quantitative estimate of drug-likeness (QED) is 0.659. The fraction of sp³-hybridized carbons (Fsp3) is 0.417. The van der Waals surface area contributed by atoms with Crippen LogP contribution < -0.4 is 10.6 Å². The molecule has 2 N–H and O–H groups in total. The van der Waals surface area contributed by atoms with Gasteiger partial charge in [-0.1, -0.05) is 0 Å². The van der Waals surface area contributed by atoms with Crippen molar-refractivity contribution in [2.45, 2.75) is 13.3 Å². The molecule has 0 aromatic heterocycles. The van der Waals surface area contributed by atoms with E-state index in [4.69, 9.17) is 0 Å². The number of hydrogen-bond acceptors (Lipinski definition) is 4. The Morgan fingerprint density at radius 2 is 2.32 bits per heavy atom. The second-order valence-electron chi connectivity index (χ2n) is 4.86. The Labute approximate surface area is 118 Å². The number of rotatable bonds is 3. The zero-order valence-electron chi connectivity index (χ0n) is 10.4. The molecule has 1 heterocycles. The smallest absolute Gasteiger partial charge is 0.285 e. The van der Waals surface area contributed by atoms with Gasteiger partial charge in [-0.2, -0.15) is 0 Å². The Morgan fingerprint density at radius 1 is 1.58 bits per heavy atom. The maximum absolute atomic E-state index is 12.2. The molecular formula is C12H14BrN3O3. The third-order valence-corrected chi connectivity index (χ3v) is 3.99. The second-order valence-corrected chi connectivity index (χ2v) is 5.72. The lowest BCUT2D eigenvalue weighted by atomic mass is 9.89. The summed E-state index contributed by atoms with van der Waals surface area (Å²) in [5.74, 6) is -0.117. The molecule has 1 amide bonds. The molecule has 1 aromatic rings. The molecule has 1 saturated heterocycles. The highest BCUT2D eigenvalue weighted by atomic mass is 79.9. The topological polar surface area (TPSA) is 84.3 Å². The lowest BCUT2D eigenvalue weighted by Crippen LogP contribution is -2.35. The number of anilines is 1. The Hall–Kier alpha value is -1.47. The van der Waals surface area contributed by atoms with Gasteiger partial charge in [-0.05, 0) is 48.0 Å². The fourth-order valence-electron chi connectivity index (χ4n) is 2.02. The second kappa shape index (κ2) is 5.26. The highest BCUT2D eigenvalue weighted by Crippen LogP contribution is 2.30. The molecule has 0 saturated carbocycles. The van der Waals surface area contributed by atoms with Crippen molar-refractivity contribution >= 4 is 33.2 Å². The van der Waals surface area contributed by atoms with Gasteiger partial charge in [-0.15, -0.1) is 0 Å². The number of benzene rings is 1. The van der Waals surface area contributed by atoms with Crippen molar-refractivity contribution in [2.24, 2.45) is 5.41 Å². The van der Waals surface area contributed by atoms with Crippen molar-refractivity contribution in [3.05, 3.63) is 32.8 Å². The van der Waals surface area contributed by atoms with Gasteiger partial charge < -0.3 is 10.6 Å². The van der Waals surface area contributed by atoms with Crippen molar-refractivity contribution < 1.29 is 9.72 Å². The van der Waals surface area contributed by atoms with Gasteiger partial charge in [-0.3, -0.25) is 14.9 Å². The van der Waals surface area contributed by atoms with Crippen LogP contribution in [0.4, 0.5) is 11.4 Å². The Kier molecular flexibility index (Phi) is 3.86. The third-order valence-electron chi connectivity index (χ3n) is 3.32. The first-order valence-electron chi connectivity index (χ1n) is 5.88. The van der Waals surface area contributed by atoms with Crippen molar-refractivity contribution in [3.8, 4) is 0 Å². The van der Waals surface area contributed by atoms with Crippen LogP contribution >= 0.6 is 15.9 Å². The normalized spacial score (nSPS) is 22.2. The van der Waals surface area contributed by atoms with Crippen LogP contribution in [-0.4, -0.2) is 23.9 Å². The summed E-state index contributed by atoms with van der Waals surface area (Å²) in [6.45, 7) is 3.32. The van der Waals surface area contributed by atoms with Crippen LogP contribution in [-0.2, 0) is 4.79 Å². The summed E-state index contributed by atoms with van der Waals surface area (Å²) in [6.07, 6.45) is 0.761. The van der Waals surface area contributed by atoms with E-state index < -0.39 is 10.3 Å². The molecule has 0 bridgehead atoms. The van der Waals surface area contributed by atoms with Crippen LogP contribution in [0.25, 0.3) is 0 Å². The molecule has 1 aliphatic rings. The monoisotopic (exact) mass is 327 g/mol. The van der Waals surface area contributed by atoms with Crippen LogP contribution in [0.2, 0.25) is 0 Å². The van der Waals surface area contributed by atoms with Crippen molar-refractivity contribution in [1.82, 2.24) is 5.32 Å². The molecule has 2 rings (SSSR count). The number of nitrogens with zero attached hydrogens (tertiary/aromatic N) is 1. The fourth-order valence-corrected chi connectivity index (χ4v) is 2.41. The molecule has 1 unspecified atom stereocenters. The number of halogens is 1. The molecule has 19 heavy (non-hydrogen) atoms. The SMILES string of the molecule is CC1(C(=O)Nc2ccc(Br)c([N+](=O)[O-])c2)CCNC1. The number of nitro benzene ring substituents is 1. The van der Waals surface area contributed by atoms with E-state index in [-0.39, 0.29) is 11.6 Å². The molecule has 102 valence electrons. The number of hydrogen-bond donors (Lipinski definition) is 2. The predicted molar refractivity (Wildman–Crippen MR) is 75.0 cm³/mol. The van der Waals surface area contributed by atoms with E-state index in [1.54, 1.807) is 12.1 Å². The Morgan fingerprint density at radius 3 is 2.89 bits per heavy atom. The first-order chi connectivity index (χ1) is 8.92. The van der Waals surface area contributed by atoms with Crippen LogP contribution in [0.1, 0.15) is 13.3 Å². The number of nitrogens with one attached hydrogen (secondary N) is 2. The van der Waals surface area contributed by atoms with E-state index in [1.807, 2.05) is 6.92 Å². The average molecular weight is 328 g/mol. The third kappa shape index (κ3) is 2.93. The summed E-state index contributed by atoms with van der Waals surface area (Å²) in [5.41, 5.74) is -0.0810. The standard InChI is InChI=1S/C12H14BrN3O3/c1-12(4-5-14-7-12)11(17)15-8-2-3-9(13)10(6-8)16(18)19/h2-3,6,14H,4-5,7H2,1H3,(H,15,17). The molecule has 1 fully saturated rings. The van der Waals surface area contributed by atoms with Crippen molar-refractivity contribution in [2.75, 3.05) is 18.4 Å². The first-order valence-corrected chi connectivity index (χ1v) is 6.68. The summed E-state index contributed by atoms with van der Waals surface area (Å²) in [5, 5.41) is 16.7. The maximum atomic E-state index is 12.2. The summed E-state index contributed by atoms with van der Waals surface area (Å²) >= 11 is 3.11. The van der Waals surface area contributed by atoms with E-state index in [0.29, 0.717) is 16.7 Å². The van der Waals surface area contributed by atoms with E-state index in [9.17, 15) is 14.9 Å². The lowest BCUT2D eigenvalue weighted by molar-refractivity contribution is -0.385. The molecule has 1 atom stereocenters. The van der Waals surface area contributed by atoms with Gasteiger partial charge in [0, 0.05) is 18.3 Å². The maximum Gasteiger partial charge on any atom is 0.285 e. The molecule has 0 radical (unpaired) electrons. The van der Waals surface area contributed by atoms with E-state index in [1.165, 1.54) is 6.07 Å². The zero-order chi connectivity index (χ0) is 14.0. The van der Waals surface area contributed by atoms with Gasteiger partial charge in [0.05, 0.1) is 14.8 Å². The number of amides is 1. The van der Waals surface area contributed by atoms with Crippen LogP contribution in [0.15, 0.2) is 22.7 Å². The molecule has 6 nitrogen and oxygen atoms in total. The van der Waals surface area contributed by atoms with Crippen LogP contribution in [0.5, 0.6) is 0 Å². The molecule has 0 aliphatic carbocycles. The summed E-state index contributed by atoms with van der Waals surface area (Å²) in [4.78, 5) is 22.5. The summed E-state index contributed by atoms with van der Waals surface area (Å²) in [6, 6.07) is 4.55. The van der Waals surface area contributed by atoms with Gasteiger partial charge in [0.25, 0.3) is 5.69 Å². The van der Waals surface area contributed by atoms with E-state index in [2.05, 4.69) is 26.6 Å². The number of carbonyl (C=O) groups excluding carboxylic acids is 1. The zero-order valence-corrected chi connectivity index (χ0v) is 12.0. The van der Waals surface area contributed by atoms with Gasteiger partial charge >= 0.3 is 0 Å². The number of nitro groups is 1. The molecule has 1 aliphatic heterocycles. The minimum Gasteiger partial charge on any atom is -0.325 e. The molecular weight excluding hydrogens is 314 g/mol. The van der Waals surface area contributed by atoms with Crippen molar-refractivity contribution in [3.63, 3.8) is 0 Å². The first kappa shape index (κ1) is 14.0. The Bertz CT molecular complexity index is 527. The summed E-state index contributed by atoms with van der Waals surface area (Å²) in [7, 11) is 0. The number of carbonyl (C=O) groups is 1. The predicted octanol–water partition coefficient (Wildman–Crippen LogP) is 2.30. The van der Waals surface area contributed by atoms with E-state index in [0.717, 1.165) is 13.0 Å². The lowest BCUT2D eigenvalue weighted by Gasteiger charge is -2.21. The largest absolute Gasteiger partial charge is 0.325 e. The van der Waals surface area contributed by atoms with Crippen molar-refractivity contribution in [1.29, 1.82) is 0 Å². The van der Waals surface area contributed by atoms with Gasteiger partial charge in [0.2, 0.25) is 5.91 Å². The highest BCUT2D eigenvalue weighted by molar-refractivity contribution is 9.10. The van der Waals surface area contributed by atoms with Gasteiger partial charge in [0.15, 0.2) is 0 Å². The van der Waals surface area contributed by atoms with Gasteiger partial charge in [-0.25, -0.2) is 0 Å². The molecule has 1 aromatic carbocycles. The minimum atomic E-state index is -0.488. The molecule has 7 heteroatoms. The van der Waals surface area contributed by atoms with E-state index >= 15 is 0 Å². The highest BCUT2D eigenvalue weighted by Gasteiger charge is 2.36. The van der Waals surface area contributed by atoms with Crippen LogP contribution in [0.3, 0.4) is 0 Å².